The van der Waals surface area contributed by atoms with Crippen molar-refractivity contribution >= 4 is 33.2 Å². The van der Waals surface area contributed by atoms with Crippen molar-refractivity contribution < 1.29 is 14.3 Å². The van der Waals surface area contributed by atoms with Gasteiger partial charge in [-0.2, -0.15) is 0 Å². The molecule has 0 radical (unpaired) electrons. The first-order valence-corrected chi connectivity index (χ1v) is 9.30. The summed E-state index contributed by atoms with van der Waals surface area (Å²) < 4.78 is 11.7. The lowest BCUT2D eigenvalue weighted by atomic mass is 9.74. The van der Waals surface area contributed by atoms with Crippen molar-refractivity contribution in [3.05, 3.63) is 50.4 Å². The van der Waals surface area contributed by atoms with Crippen molar-refractivity contribution in [1.82, 2.24) is 4.98 Å². The average molecular weight is 396 g/mol. The van der Waals surface area contributed by atoms with Gasteiger partial charge in [0.2, 0.25) is 0 Å². The van der Waals surface area contributed by atoms with E-state index in [1.165, 1.54) is 16.9 Å². The molecule has 0 amide bonds. The van der Waals surface area contributed by atoms with Crippen molar-refractivity contribution in [2.45, 2.75) is 25.2 Å². The summed E-state index contributed by atoms with van der Waals surface area (Å²) in [5.74, 6) is -0.354. The number of benzene rings is 1. The lowest BCUT2D eigenvalue weighted by Crippen LogP contribution is -2.35. The highest BCUT2D eigenvalue weighted by molar-refractivity contribution is 9.10. The summed E-state index contributed by atoms with van der Waals surface area (Å²) in [7, 11) is 0. The van der Waals surface area contributed by atoms with E-state index in [4.69, 9.17) is 9.47 Å². The van der Waals surface area contributed by atoms with E-state index in [1.54, 1.807) is 12.3 Å². The molecule has 1 fully saturated rings. The molecule has 1 aliphatic rings. The van der Waals surface area contributed by atoms with Crippen LogP contribution in [0.3, 0.4) is 0 Å². The SMILES string of the molecule is CCOC(=O)c1csc(C2(c3ccc(Br)cc3)CCOCC2)n1. The van der Waals surface area contributed by atoms with Gasteiger partial charge >= 0.3 is 5.97 Å². The van der Waals surface area contributed by atoms with Crippen molar-refractivity contribution in [1.29, 1.82) is 0 Å². The Morgan fingerprint density at radius 2 is 2.04 bits per heavy atom. The molecule has 0 aliphatic carbocycles. The number of thiazole rings is 1. The summed E-state index contributed by atoms with van der Waals surface area (Å²) in [4.78, 5) is 16.5. The molecule has 1 aliphatic heterocycles. The number of esters is 1. The molecule has 6 heteroatoms. The summed E-state index contributed by atoms with van der Waals surface area (Å²) >= 11 is 5.01. The molecule has 0 spiro atoms. The highest BCUT2D eigenvalue weighted by atomic mass is 79.9. The van der Waals surface area contributed by atoms with Crippen LogP contribution in [0.1, 0.15) is 40.8 Å². The Kier molecular flexibility index (Phi) is 5.14. The van der Waals surface area contributed by atoms with Gasteiger partial charge in [-0.15, -0.1) is 11.3 Å². The Balaban J connectivity index is 1.99. The lowest BCUT2D eigenvalue weighted by molar-refractivity contribution is 0.0518. The Labute approximate surface area is 148 Å². The standard InChI is InChI=1S/C17H18BrNO3S/c1-2-22-15(20)14-11-23-16(19-14)17(7-9-21-10-8-17)12-3-5-13(18)6-4-12/h3-6,11H,2,7-10H2,1H3. The van der Waals surface area contributed by atoms with E-state index in [0.29, 0.717) is 25.5 Å². The van der Waals surface area contributed by atoms with E-state index in [0.717, 1.165) is 22.3 Å². The van der Waals surface area contributed by atoms with Crippen LogP contribution in [0.15, 0.2) is 34.1 Å². The van der Waals surface area contributed by atoms with Crippen molar-refractivity contribution in [2.24, 2.45) is 0 Å². The molecule has 4 nitrogen and oxygen atoms in total. The number of hydrogen-bond acceptors (Lipinski definition) is 5. The maximum absolute atomic E-state index is 11.9. The number of carbonyl (C=O) groups is 1. The van der Waals surface area contributed by atoms with Crippen molar-refractivity contribution in [3.8, 4) is 0 Å². The molecule has 23 heavy (non-hydrogen) atoms. The second kappa shape index (κ2) is 7.11. The van der Waals surface area contributed by atoms with Crippen LogP contribution < -0.4 is 0 Å². The second-order valence-electron chi connectivity index (χ2n) is 5.46. The number of ether oxygens (including phenoxy) is 2. The van der Waals surface area contributed by atoms with Crippen LogP contribution >= 0.6 is 27.3 Å². The molecule has 0 N–H and O–H groups in total. The minimum atomic E-state index is -0.354. The van der Waals surface area contributed by atoms with Crippen LogP contribution in [0.4, 0.5) is 0 Å². The third kappa shape index (κ3) is 3.34. The number of aromatic nitrogens is 1. The Morgan fingerprint density at radius 1 is 1.35 bits per heavy atom. The van der Waals surface area contributed by atoms with Crippen LogP contribution in [0.2, 0.25) is 0 Å². The van der Waals surface area contributed by atoms with Crippen LogP contribution in [0.5, 0.6) is 0 Å². The fraction of sp³-hybridized carbons (Fsp3) is 0.412. The second-order valence-corrected chi connectivity index (χ2v) is 7.23. The first-order chi connectivity index (χ1) is 11.2. The first kappa shape index (κ1) is 16.6. The molecular weight excluding hydrogens is 378 g/mol. The maximum atomic E-state index is 11.9. The smallest absolute Gasteiger partial charge is 0.357 e. The van der Waals surface area contributed by atoms with Crippen LogP contribution in [0, 0.1) is 0 Å². The Bertz CT molecular complexity index is 677. The number of nitrogens with zero attached hydrogens (tertiary/aromatic N) is 1. The van der Waals surface area contributed by atoms with E-state index >= 15 is 0 Å². The summed E-state index contributed by atoms with van der Waals surface area (Å²) in [6.45, 7) is 3.55. The average Bonchev–Trinajstić information content (AvgIpc) is 3.07. The van der Waals surface area contributed by atoms with Crippen LogP contribution in [-0.4, -0.2) is 30.8 Å². The van der Waals surface area contributed by atoms with E-state index in [9.17, 15) is 4.79 Å². The number of carbonyl (C=O) groups excluding carboxylic acids is 1. The minimum Gasteiger partial charge on any atom is -0.461 e. The first-order valence-electron chi connectivity index (χ1n) is 7.62. The predicted molar refractivity (Wildman–Crippen MR) is 93.0 cm³/mol. The number of rotatable bonds is 4. The van der Waals surface area contributed by atoms with Crippen LogP contribution in [-0.2, 0) is 14.9 Å². The predicted octanol–water partition coefficient (Wildman–Crippen LogP) is 4.18. The molecule has 0 saturated carbocycles. The normalized spacial score (nSPS) is 17.0. The topological polar surface area (TPSA) is 48.4 Å². The Morgan fingerprint density at radius 3 is 2.70 bits per heavy atom. The fourth-order valence-electron chi connectivity index (χ4n) is 2.91. The van der Waals surface area contributed by atoms with Gasteiger partial charge in [0.15, 0.2) is 5.69 Å². The number of hydrogen-bond donors (Lipinski definition) is 0. The van der Waals surface area contributed by atoms with Gasteiger partial charge in [-0.1, -0.05) is 28.1 Å². The molecule has 3 rings (SSSR count). The van der Waals surface area contributed by atoms with Crippen molar-refractivity contribution in [2.75, 3.05) is 19.8 Å². The molecular formula is C17H18BrNO3S. The van der Waals surface area contributed by atoms with Crippen molar-refractivity contribution in [3.63, 3.8) is 0 Å². The number of halogens is 1. The molecule has 2 heterocycles. The molecule has 0 atom stereocenters. The maximum Gasteiger partial charge on any atom is 0.357 e. The van der Waals surface area contributed by atoms with Gasteiger partial charge in [-0.05, 0) is 37.5 Å². The van der Waals surface area contributed by atoms with E-state index in [2.05, 4.69) is 33.0 Å². The highest BCUT2D eigenvalue weighted by Gasteiger charge is 2.39. The molecule has 1 saturated heterocycles. The summed E-state index contributed by atoms with van der Waals surface area (Å²) in [5.41, 5.74) is 1.43. The largest absolute Gasteiger partial charge is 0.461 e. The fourth-order valence-corrected chi connectivity index (χ4v) is 4.24. The molecule has 2 aromatic rings. The van der Waals surface area contributed by atoms with E-state index < -0.39 is 0 Å². The zero-order chi connectivity index (χ0) is 16.3. The van der Waals surface area contributed by atoms with Gasteiger partial charge in [-0.3, -0.25) is 0 Å². The summed E-state index contributed by atoms with van der Waals surface area (Å²) in [6.07, 6.45) is 1.73. The van der Waals surface area contributed by atoms with Gasteiger partial charge in [0.05, 0.1) is 12.0 Å². The minimum absolute atomic E-state index is 0.186. The van der Waals surface area contributed by atoms with E-state index in [1.807, 2.05) is 12.1 Å². The molecule has 0 bridgehead atoms. The van der Waals surface area contributed by atoms with E-state index in [-0.39, 0.29) is 11.4 Å². The summed E-state index contributed by atoms with van der Waals surface area (Å²) in [5, 5.41) is 2.76. The van der Waals surface area contributed by atoms with Gasteiger partial charge < -0.3 is 9.47 Å². The quantitative estimate of drug-likeness (QED) is 0.728. The molecule has 1 aromatic carbocycles. The third-order valence-corrected chi connectivity index (χ3v) is 5.72. The lowest BCUT2D eigenvalue weighted by Gasteiger charge is -2.36. The monoisotopic (exact) mass is 395 g/mol. The molecule has 0 unspecified atom stereocenters. The highest BCUT2D eigenvalue weighted by Crippen LogP contribution is 2.42. The van der Waals surface area contributed by atoms with Gasteiger partial charge in [-0.25, -0.2) is 9.78 Å². The van der Waals surface area contributed by atoms with Crippen LogP contribution in [0.25, 0.3) is 0 Å². The van der Waals surface area contributed by atoms with Gasteiger partial charge in [0.25, 0.3) is 0 Å². The van der Waals surface area contributed by atoms with Gasteiger partial charge in [0.1, 0.15) is 5.01 Å². The molecule has 1 aromatic heterocycles. The Hall–Kier alpha value is -1.24. The zero-order valence-corrected chi connectivity index (χ0v) is 15.3. The zero-order valence-electron chi connectivity index (χ0n) is 12.9. The van der Waals surface area contributed by atoms with Gasteiger partial charge in [0, 0.05) is 23.1 Å². The molecule has 122 valence electrons. The third-order valence-electron chi connectivity index (χ3n) is 4.14. The summed E-state index contributed by atoms with van der Waals surface area (Å²) in [6, 6.07) is 8.35.